The van der Waals surface area contributed by atoms with Crippen LogP contribution in [0.3, 0.4) is 0 Å². The Morgan fingerprint density at radius 3 is 2.70 bits per heavy atom. The molecule has 20 heavy (non-hydrogen) atoms. The summed E-state index contributed by atoms with van der Waals surface area (Å²) in [6.45, 7) is 1.63. The SMILES string of the molecule is CN(CCc1ccccc1C(=O)O)Cc1ccc(Cl)s1. The van der Waals surface area contributed by atoms with Crippen molar-refractivity contribution in [2.75, 3.05) is 13.6 Å². The number of carboxylic acid groups (broad SMARTS) is 1. The van der Waals surface area contributed by atoms with Crippen LogP contribution in [0.15, 0.2) is 36.4 Å². The molecule has 0 aliphatic carbocycles. The molecule has 0 amide bonds. The van der Waals surface area contributed by atoms with Crippen LogP contribution in [0.25, 0.3) is 0 Å². The fourth-order valence-electron chi connectivity index (χ4n) is 2.04. The van der Waals surface area contributed by atoms with Gasteiger partial charge in [-0.3, -0.25) is 0 Å². The van der Waals surface area contributed by atoms with Gasteiger partial charge in [0.15, 0.2) is 0 Å². The highest BCUT2D eigenvalue weighted by Crippen LogP contribution is 2.22. The van der Waals surface area contributed by atoms with Crippen molar-refractivity contribution in [2.24, 2.45) is 0 Å². The van der Waals surface area contributed by atoms with Crippen molar-refractivity contribution >= 4 is 28.9 Å². The van der Waals surface area contributed by atoms with E-state index in [9.17, 15) is 4.79 Å². The molecule has 0 saturated heterocycles. The molecule has 3 nitrogen and oxygen atoms in total. The lowest BCUT2D eigenvalue weighted by Crippen LogP contribution is -2.21. The number of rotatable bonds is 6. The number of thiophene rings is 1. The van der Waals surface area contributed by atoms with Crippen LogP contribution in [0.5, 0.6) is 0 Å². The monoisotopic (exact) mass is 309 g/mol. The molecule has 0 unspecified atom stereocenters. The normalized spacial score (nSPS) is 10.9. The molecule has 0 spiro atoms. The molecular formula is C15H16ClNO2S. The minimum absolute atomic E-state index is 0.389. The summed E-state index contributed by atoms with van der Waals surface area (Å²) in [4.78, 5) is 14.5. The second kappa shape index (κ2) is 6.88. The molecule has 1 aromatic carbocycles. The summed E-state index contributed by atoms with van der Waals surface area (Å²) in [7, 11) is 2.02. The molecule has 1 aromatic heterocycles. The zero-order chi connectivity index (χ0) is 14.5. The predicted molar refractivity (Wildman–Crippen MR) is 82.8 cm³/mol. The first kappa shape index (κ1) is 15.0. The van der Waals surface area contributed by atoms with Gasteiger partial charge in [-0.2, -0.15) is 0 Å². The Hall–Kier alpha value is -1.36. The van der Waals surface area contributed by atoms with E-state index in [0.29, 0.717) is 5.56 Å². The van der Waals surface area contributed by atoms with Gasteiger partial charge in [0.1, 0.15) is 0 Å². The van der Waals surface area contributed by atoms with Gasteiger partial charge in [-0.25, -0.2) is 4.79 Å². The largest absolute Gasteiger partial charge is 0.478 e. The third-order valence-electron chi connectivity index (χ3n) is 3.07. The Kier molecular flexibility index (Phi) is 5.17. The van der Waals surface area contributed by atoms with Crippen LogP contribution in [-0.2, 0) is 13.0 Å². The number of benzene rings is 1. The molecular weight excluding hydrogens is 294 g/mol. The Morgan fingerprint density at radius 1 is 1.30 bits per heavy atom. The molecule has 2 rings (SSSR count). The topological polar surface area (TPSA) is 40.5 Å². The lowest BCUT2D eigenvalue weighted by atomic mass is 10.0. The zero-order valence-electron chi connectivity index (χ0n) is 11.2. The van der Waals surface area contributed by atoms with Crippen LogP contribution in [0.1, 0.15) is 20.8 Å². The molecule has 0 aliphatic rings. The first-order valence-electron chi connectivity index (χ1n) is 6.30. The lowest BCUT2D eigenvalue weighted by molar-refractivity contribution is 0.0695. The average molecular weight is 310 g/mol. The van der Waals surface area contributed by atoms with Crippen LogP contribution in [0.2, 0.25) is 4.34 Å². The lowest BCUT2D eigenvalue weighted by Gasteiger charge is -2.16. The molecule has 5 heteroatoms. The van der Waals surface area contributed by atoms with Gasteiger partial charge in [-0.1, -0.05) is 29.8 Å². The van der Waals surface area contributed by atoms with Crippen molar-refractivity contribution in [3.8, 4) is 0 Å². The van der Waals surface area contributed by atoms with Gasteiger partial charge in [-0.05, 0) is 37.2 Å². The summed E-state index contributed by atoms with van der Waals surface area (Å²) in [6, 6.07) is 11.1. The van der Waals surface area contributed by atoms with Gasteiger partial charge in [0, 0.05) is 18.0 Å². The van der Waals surface area contributed by atoms with Gasteiger partial charge < -0.3 is 10.0 Å². The maximum absolute atomic E-state index is 11.1. The van der Waals surface area contributed by atoms with Gasteiger partial charge in [-0.15, -0.1) is 11.3 Å². The fraction of sp³-hybridized carbons (Fsp3) is 0.267. The predicted octanol–water partition coefficient (Wildman–Crippen LogP) is 3.77. The van der Waals surface area contributed by atoms with E-state index >= 15 is 0 Å². The van der Waals surface area contributed by atoms with Crippen molar-refractivity contribution in [2.45, 2.75) is 13.0 Å². The number of carboxylic acids is 1. The first-order chi connectivity index (χ1) is 9.56. The molecule has 0 saturated carbocycles. The van der Waals surface area contributed by atoms with E-state index in [4.69, 9.17) is 16.7 Å². The number of carbonyl (C=O) groups is 1. The van der Waals surface area contributed by atoms with E-state index in [0.717, 1.165) is 29.4 Å². The third kappa shape index (κ3) is 4.07. The quantitative estimate of drug-likeness (QED) is 0.883. The smallest absolute Gasteiger partial charge is 0.335 e. The van der Waals surface area contributed by atoms with Crippen molar-refractivity contribution in [1.29, 1.82) is 0 Å². The first-order valence-corrected chi connectivity index (χ1v) is 7.49. The highest BCUT2D eigenvalue weighted by atomic mass is 35.5. The zero-order valence-corrected chi connectivity index (χ0v) is 12.7. The average Bonchev–Trinajstić information content (AvgIpc) is 2.82. The Bertz CT molecular complexity index is 597. The molecule has 1 N–H and O–H groups in total. The van der Waals surface area contributed by atoms with Crippen LogP contribution in [0, 0.1) is 0 Å². The fourth-order valence-corrected chi connectivity index (χ4v) is 3.21. The summed E-state index contributed by atoms with van der Waals surface area (Å²) in [5, 5.41) is 9.14. The minimum atomic E-state index is -0.867. The number of halogens is 1. The van der Waals surface area contributed by atoms with E-state index in [2.05, 4.69) is 4.90 Å². The van der Waals surface area contributed by atoms with Crippen molar-refractivity contribution in [3.05, 3.63) is 56.7 Å². The Morgan fingerprint density at radius 2 is 2.05 bits per heavy atom. The molecule has 2 aromatic rings. The van der Waals surface area contributed by atoms with Gasteiger partial charge in [0.05, 0.1) is 9.90 Å². The molecule has 1 heterocycles. The minimum Gasteiger partial charge on any atom is -0.478 e. The van der Waals surface area contributed by atoms with Crippen LogP contribution in [-0.4, -0.2) is 29.6 Å². The third-order valence-corrected chi connectivity index (χ3v) is 4.28. The van der Waals surface area contributed by atoms with E-state index in [1.165, 1.54) is 4.88 Å². The summed E-state index contributed by atoms with van der Waals surface area (Å²) >= 11 is 7.48. The molecule has 106 valence electrons. The highest BCUT2D eigenvalue weighted by molar-refractivity contribution is 7.16. The second-order valence-electron chi connectivity index (χ2n) is 4.66. The van der Waals surface area contributed by atoms with E-state index in [-0.39, 0.29) is 0 Å². The molecule has 0 atom stereocenters. The molecule has 0 radical (unpaired) electrons. The maximum atomic E-state index is 11.1. The van der Waals surface area contributed by atoms with Crippen molar-refractivity contribution in [1.82, 2.24) is 4.90 Å². The maximum Gasteiger partial charge on any atom is 0.335 e. The summed E-state index contributed by atoms with van der Waals surface area (Å²) in [6.07, 6.45) is 0.720. The Balaban J connectivity index is 1.93. The standard InChI is InChI=1S/C15H16ClNO2S/c1-17(10-12-6-7-14(16)20-12)9-8-11-4-2-3-5-13(11)15(18)19/h2-7H,8-10H2,1H3,(H,18,19). The molecule has 0 bridgehead atoms. The Labute approximate surface area is 127 Å². The van der Waals surface area contributed by atoms with Crippen molar-refractivity contribution in [3.63, 3.8) is 0 Å². The number of likely N-dealkylation sites (N-methyl/N-ethyl adjacent to an activating group) is 1. The van der Waals surface area contributed by atoms with E-state index < -0.39 is 5.97 Å². The number of aromatic carboxylic acids is 1. The molecule has 0 fully saturated rings. The number of hydrogen-bond acceptors (Lipinski definition) is 3. The van der Waals surface area contributed by atoms with Gasteiger partial charge in [0.25, 0.3) is 0 Å². The van der Waals surface area contributed by atoms with Gasteiger partial charge in [0.2, 0.25) is 0 Å². The van der Waals surface area contributed by atoms with Crippen LogP contribution in [0.4, 0.5) is 0 Å². The van der Waals surface area contributed by atoms with Gasteiger partial charge >= 0.3 is 5.97 Å². The number of nitrogens with zero attached hydrogens (tertiary/aromatic N) is 1. The van der Waals surface area contributed by atoms with E-state index in [1.54, 1.807) is 23.5 Å². The summed E-state index contributed by atoms with van der Waals surface area (Å²) in [5.41, 5.74) is 1.26. The number of hydrogen-bond donors (Lipinski definition) is 1. The van der Waals surface area contributed by atoms with Crippen LogP contribution >= 0.6 is 22.9 Å². The summed E-state index contributed by atoms with van der Waals surface area (Å²) in [5.74, 6) is -0.867. The summed E-state index contributed by atoms with van der Waals surface area (Å²) < 4.78 is 0.796. The van der Waals surface area contributed by atoms with E-state index in [1.807, 2.05) is 31.3 Å². The highest BCUT2D eigenvalue weighted by Gasteiger charge is 2.10. The van der Waals surface area contributed by atoms with Crippen molar-refractivity contribution < 1.29 is 9.90 Å². The molecule has 0 aliphatic heterocycles. The van der Waals surface area contributed by atoms with Crippen LogP contribution < -0.4 is 0 Å². The second-order valence-corrected chi connectivity index (χ2v) is 6.46.